The first-order valence-corrected chi connectivity index (χ1v) is 6.31. The van der Waals surface area contributed by atoms with E-state index in [4.69, 9.17) is 5.84 Å². The summed E-state index contributed by atoms with van der Waals surface area (Å²) in [5, 5.41) is 8.06. The largest absolute Gasteiger partial charge is 0.271 e. The molecule has 0 bridgehead atoms. The zero-order valence-electron chi connectivity index (χ0n) is 11.3. The van der Waals surface area contributed by atoms with Crippen molar-refractivity contribution in [3.8, 4) is 0 Å². The fourth-order valence-corrected chi connectivity index (χ4v) is 2.15. The van der Waals surface area contributed by atoms with Gasteiger partial charge in [0, 0.05) is 11.1 Å². The summed E-state index contributed by atoms with van der Waals surface area (Å²) in [6.45, 7) is 3.70. The maximum absolute atomic E-state index is 14.0. The number of nitrogens with zero attached hydrogens (tertiary/aromatic N) is 2. The van der Waals surface area contributed by atoms with Gasteiger partial charge in [0.1, 0.15) is 0 Å². The molecule has 0 aliphatic heterocycles. The molecule has 0 fully saturated rings. The van der Waals surface area contributed by atoms with Gasteiger partial charge in [-0.25, -0.2) is 14.2 Å². The van der Waals surface area contributed by atoms with Crippen LogP contribution in [0.3, 0.4) is 0 Å². The minimum atomic E-state index is -0.910. The van der Waals surface area contributed by atoms with Gasteiger partial charge in [-0.05, 0) is 25.5 Å². The quantitative estimate of drug-likeness (QED) is 0.664. The van der Waals surface area contributed by atoms with E-state index in [-0.39, 0.29) is 5.56 Å². The fourth-order valence-electron chi connectivity index (χ4n) is 2.15. The molecule has 1 aromatic carbocycles. The van der Waals surface area contributed by atoms with Crippen molar-refractivity contribution in [3.05, 3.63) is 58.4 Å². The maximum Gasteiger partial charge on any atom is 0.163 e. The molecule has 3 N–H and O–H groups in total. The minimum Gasteiger partial charge on any atom is -0.271 e. The molecule has 1 aromatic heterocycles. The lowest BCUT2D eigenvalue weighted by molar-refractivity contribution is 0.482. The lowest BCUT2D eigenvalue weighted by atomic mass is 9.96. The van der Waals surface area contributed by atoms with Crippen LogP contribution in [0.2, 0.25) is 0 Å². The number of halogens is 2. The van der Waals surface area contributed by atoms with Crippen molar-refractivity contribution in [2.24, 2.45) is 5.84 Å². The van der Waals surface area contributed by atoms with Crippen molar-refractivity contribution in [1.82, 2.24) is 15.6 Å². The van der Waals surface area contributed by atoms with Crippen LogP contribution in [0.15, 0.2) is 24.3 Å². The van der Waals surface area contributed by atoms with Crippen LogP contribution < -0.4 is 11.3 Å². The Kier molecular flexibility index (Phi) is 4.36. The minimum absolute atomic E-state index is 0.148. The highest BCUT2D eigenvalue weighted by Crippen LogP contribution is 2.27. The number of nitrogens with one attached hydrogen (secondary N) is 1. The second kappa shape index (κ2) is 6.02. The Morgan fingerprint density at radius 2 is 2.00 bits per heavy atom. The number of nitrogens with two attached hydrogens (primary N) is 1. The van der Waals surface area contributed by atoms with Gasteiger partial charge in [-0.1, -0.05) is 19.1 Å². The third-order valence-corrected chi connectivity index (χ3v) is 3.13. The number of rotatable bonds is 4. The van der Waals surface area contributed by atoms with Gasteiger partial charge in [0.25, 0.3) is 0 Å². The van der Waals surface area contributed by atoms with Crippen molar-refractivity contribution in [3.63, 3.8) is 0 Å². The Balaban J connectivity index is 2.58. The Labute approximate surface area is 116 Å². The first-order valence-electron chi connectivity index (χ1n) is 6.31. The zero-order chi connectivity index (χ0) is 14.7. The smallest absolute Gasteiger partial charge is 0.163 e. The van der Waals surface area contributed by atoms with Crippen LogP contribution in [0.5, 0.6) is 0 Å². The van der Waals surface area contributed by atoms with Gasteiger partial charge in [0.2, 0.25) is 0 Å². The van der Waals surface area contributed by atoms with Gasteiger partial charge < -0.3 is 0 Å². The monoisotopic (exact) mass is 278 g/mol. The second-order valence-corrected chi connectivity index (χ2v) is 4.48. The van der Waals surface area contributed by atoms with Crippen molar-refractivity contribution in [1.29, 1.82) is 0 Å². The lowest BCUT2D eigenvalue weighted by Crippen LogP contribution is -2.31. The predicted octanol–water partition coefficient (Wildman–Crippen LogP) is 2.18. The van der Waals surface area contributed by atoms with Gasteiger partial charge in [-0.2, -0.15) is 10.2 Å². The summed E-state index contributed by atoms with van der Waals surface area (Å²) >= 11 is 0. The Hall–Kier alpha value is -1.92. The topological polar surface area (TPSA) is 63.8 Å². The molecule has 2 aromatic rings. The van der Waals surface area contributed by atoms with Crippen molar-refractivity contribution >= 4 is 0 Å². The number of hydrogen-bond acceptors (Lipinski definition) is 4. The van der Waals surface area contributed by atoms with E-state index in [0.29, 0.717) is 23.4 Å². The molecule has 0 amide bonds. The molecule has 0 aliphatic rings. The number of aromatic nitrogens is 2. The lowest BCUT2D eigenvalue weighted by Gasteiger charge is -2.20. The summed E-state index contributed by atoms with van der Waals surface area (Å²) < 4.78 is 27.3. The van der Waals surface area contributed by atoms with E-state index in [9.17, 15) is 8.78 Å². The highest BCUT2D eigenvalue weighted by Gasteiger charge is 2.22. The SMILES string of the molecule is CCc1nnc(C)cc1C(NN)c1cccc(F)c1F. The molecule has 20 heavy (non-hydrogen) atoms. The molecule has 0 saturated carbocycles. The molecule has 2 rings (SSSR count). The third kappa shape index (κ3) is 2.66. The Morgan fingerprint density at radius 3 is 2.65 bits per heavy atom. The van der Waals surface area contributed by atoms with Crippen molar-refractivity contribution in [2.45, 2.75) is 26.3 Å². The molecule has 106 valence electrons. The van der Waals surface area contributed by atoms with E-state index < -0.39 is 17.7 Å². The summed E-state index contributed by atoms with van der Waals surface area (Å²) in [5.41, 5.74) is 4.76. The second-order valence-electron chi connectivity index (χ2n) is 4.48. The van der Waals surface area contributed by atoms with E-state index >= 15 is 0 Å². The summed E-state index contributed by atoms with van der Waals surface area (Å²) in [6.07, 6.45) is 0.623. The highest BCUT2D eigenvalue weighted by molar-refractivity contribution is 5.35. The first kappa shape index (κ1) is 14.5. The van der Waals surface area contributed by atoms with Crippen molar-refractivity contribution < 1.29 is 8.78 Å². The Bertz CT molecular complexity index is 616. The van der Waals surface area contributed by atoms with Crippen LogP contribution in [-0.4, -0.2) is 10.2 Å². The highest BCUT2D eigenvalue weighted by atomic mass is 19.2. The van der Waals surface area contributed by atoms with Gasteiger partial charge >= 0.3 is 0 Å². The number of benzene rings is 1. The molecular weight excluding hydrogens is 262 g/mol. The standard InChI is InChI=1S/C14H16F2N4/c1-3-12-10(7-8(2)19-20-12)14(18-17)9-5-4-6-11(15)13(9)16/h4-7,14,18H,3,17H2,1-2H3. The average molecular weight is 278 g/mol. The van der Waals surface area contributed by atoms with Gasteiger partial charge in [0.05, 0.1) is 17.4 Å². The summed E-state index contributed by atoms with van der Waals surface area (Å²) in [6, 6.07) is 5.13. The van der Waals surface area contributed by atoms with Gasteiger partial charge in [-0.15, -0.1) is 0 Å². The zero-order valence-corrected chi connectivity index (χ0v) is 11.3. The summed E-state index contributed by atoms with van der Waals surface area (Å²) in [4.78, 5) is 0. The van der Waals surface area contributed by atoms with E-state index in [2.05, 4.69) is 15.6 Å². The van der Waals surface area contributed by atoms with Crippen LogP contribution >= 0.6 is 0 Å². The Morgan fingerprint density at radius 1 is 1.25 bits per heavy atom. The van der Waals surface area contributed by atoms with E-state index in [1.54, 1.807) is 13.0 Å². The van der Waals surface area contributed by atoms with Crippen LogP contribution in [0, 0.1) is 18.6 Å². The molecule has 0 saturated heterocycles. The molecule has 1 heterocycles. The number of hydrogen-bond donors (Lipinski definition) is 2. The van der Waals surface area contributed by atoms with Gasteiger partial charge in [0.15, 0.2) is 11.6 Å². The molecule has 4 nitrogen and oxygen atoms in total. The van der Waals surface area contributed by atoms with Crippen LogP contribution in [0.25, 0.3) is 0 Å². The predicted molar refractivity (Wildman–Crippen MR) is 71.7 cm³/mol. The maximum atomic E-state index is 14.0. The number of hydrazine groups is 1. The van der Waals surface area contributed by atoms with Crippen LogP contribution in [0.1, 0.15) is 35.5 Å². The van der Waals surface area contributed by atoms with E-state index in [1.807, 2.05) is 6.92 Å². The van der Waals surface area contributed by atoms with E-state index in [1.165, 1.54) is 12.1 Å². The molecule has 1 unspecified atom stereocenters. The van der Waals surface area contributed by atoms with E-state index in [0.717, 1.165) is 6.07 Å². The molecule has 1 atom stereocenters. The average Bonchev–Trinajstić information content (AvgIpc) is 2.44. The molecule has 0 aliphatic carbocycles. The molecule has 6 heteroatoms. The molecular formula is C14H16F2N4. The van der Waals surface area contributed by atoms with Crippen molar-refractivity contribution in [2.75, 3.05) is 0 Å². The first-order chi connectivity index (χ1) is 9.58. The summed E-state index contributed by atoms with van der Waals surface area (Å²) in [5.74, 6) is 3.73. The summed E-state index contributed by atoms with van der Waals surface area (Å²) in [7, 11) is 0. The number of aryl methyl sites for hydroxylation is 2. The molecule has 0 spiro atoms. The normalized spacial score (nSPS) is 12.4. The van der Waals surface area contributed by atoms with Crippen LogP contribution in [0.4, 0.5) is 8.78 Å². The van der Waals surface area contributed by atoms with Gasteiger partial charge in [-0.3, -0.25) is 5.84 Å². The fraction of sp³-hybridized carbons (Fsp3) is 0.286. The molecule has 0 radical (unpaired) electrons. The van der Waals surface area contributed by atoms with Crippen LogP contribution in [-0.2, 0) is 6.42 Å². The third-order valence-electron chi connectivity index (χ3n) is 3.13.